The van der Waals surface area contributed by atoms with E-state index in [0.717, 1.165) is 11.4 Å². The molecule has 2 aromatic rings. The van der Waals surface area contributed by atoms with Gasteiger partial charge in [-0.05, 0) is 45.0 Å². The third kappa shape index (κ3) is 4.22. The number of carbonyl (C=O) groups excluding carboxylic acids is 1. The van der Waals surface area contributed by atoms with Gasteiger partial charge in [-0.15, -0.1) is 0 Å². The molecule has 0 spiro atoms. The Kier molecular flexibility index (Phi) is 5.97. The van der Waals surface area contributed by atoms with Crippen molar-refractivity contribution in [1.82, 2.24) is 9.88 Å². The number of rotatable bonds is 7. The van der Waals surface area contributed by atoms with E-state index < -0.39 is 0 Å². The van der Waals surface area contributed by atoms with Crippen molar-refractivity contribution in [2.75, 3.05) is 25.0 Å². The summed E-state index contributed by atoms with van der Waals surface area (Å²) < 4.78 is 5.59. The van der Waals surface area contributed by atoms with Crippen LogP contribution in [0.4, 0.5) is 11.5 Å². The van der Waals surface area contributed by atoms with Crippen LogP contribution < -0.4 is 10.1 Å². The number of aromatic nitrogens is 1. The van der Waals surface area contributed by atoms with Crippen LogP contribution in [0.3, 0.4) is 0 Å². The Morgan fingerprint density at radius 2 is 1.91 bits per heavy atom. The summed E-state index contributed by atoms with van der Waals surface area (Å²) in [5.74, 6) is 1.39. The molecular weight excluding hydrogens is 290 g/mol. The Bertz CT molecular complexity index is 654. The summed E-state index contributed by atoms with van der Waals surface area (Å²) in [5, 5.41) is 3.22. The summed E-state index contributed by atoms with van der Waals surface area (Å²) in [5.41, 5.74) is 1.45. The highest BCUT2D eigenvalue weighted by atomic mass is 16.5. The van der Waals surface area contributed by atoms with Crippen molar-refractivity contribution in [2.24, 2.45) is 0 Å². The molecule has 1 aromatic heterocycles. The zero-order chi connectivity index (χ0) is 16.7. The highest BCUT2D eigenvalue weighted by Crippen LogP contribution is 2.26. The normalized spacial score (nSPS) is 10.2. The number of anilines is 2. The number of para-hydroxylation sites is 2. The maximum atomic E-state index is 12.4. The Hall–Kier alpha value is -2.56. The van der Waals surface area contributed by atoms with Crippen LogP contribution in [0.2, 0.25) is 0 Å². The molecule has 0 saturated heterocycles. The van der Waals surface area contributed by atoms with Crippen molar-refractivity contribution in [3.8, 4) is 5.75 Å². The quantitative estimate of drug-likeness (QED) is 0.846. The predicted octanol–water partition coefficient (Wildman–Crippen LogP) is 3.71. The topological polar surface area (TPSA) is 54.5 Å². The van der Waals surface area contributed by atoms with E-state index in [4.69, 9.17) is 4.74 Å². The minimum Gasteiger partial charge on any atom is -0.492 e. The van der Waals surface area contributed by atoms with E-state index in [1.807, 2.05) is 45.0 Å². The molecule has 0 atom stereocenters. The van der Waals surface area contributed by atoms with E-state index in [-0.39, 0.29) is 5.91 Å². The van der Waals surface area contributed by atoms with Gasteiger partial charge in [0.25, 0.3) is 5.91 Å². The van der Waals surface area contributed by atoms with E-state index >= 15 is 0 Å². The highest BCUT2D eigenvalue weighted by Gasteiger charge is 2.13. The summed E-state index contributed by atoms with van der Waals surface area (Å²) in [4.78, 5) is 18.5. The van der Waals surface area contributed by atoms with Crippen LogP contribution in [0.15, 0.2) is 42.6 Å². The molecule has 1 aromatic carbocycles. The van der Waals surface area contributed by atoms with Gasteiger partial charge in [-0.2, -0.15) is 0 Å². The molecule has 0 aliphatic carbocycles. The lowest BCUT2D eigenvalue weighted by molar-refractivity contribution is 0.0773. The minimum atomic E-state index is 0.0125. The van der Waals surface area contributed by atoms with E-state index in [0.29, 0.717) is 31.1 Å². The first kappa shape index (κ1) is 16.8. The van der Waals surface area contributed by atoms with Gasteiger partial charge >= 0.3 is 0 Å². The molecule has 1 N–H and O–H groups in total. The lowest BCUT2D eigenvalue weighted by Gasteiger charge is -2.19. The van der Waals surface area contributed by atoms with Gasteiger partial charge in [-0.25, -0.2) is 4.98 Å². The fourth-order valence-corrected chi connectivity index (χ4v) is 2.31. The average molecular weight is 313 g/mol. The Balaban J connectivity index is 2.22. The van der Waals surface area contributed by atoms with E-state index in [9.17, 15) is 4.79 Å². The largest absolute Gasteiger partial charge is 0.492 e. The van der Waals surface area contributed by atoms with Crippen molar-refractivity contribution in [2.45, 2.75) is 20.8 Å². The van der Waals surface area contributed by atoms with Gasteiger partial charge in [0, 0.05) is 24.8 Å². The molecule has 0 bridgehead atoms. The molecule has 23 heavy (non-hydrogen) atoms. The molecule has 5 heteroatoms. The van der Waals surface area contributed by atoms with Gasteiger partial charge in [0.05, 0.1) is 12.3 Å². The Labute approximate surface area is 137 Å². The van der Waals surface area contributed by atoms with Crippen molar-refractivity contribution < 1.29 is 9.53 Å². The number of ether oxygens (including phenoxy) is 1. The second-order valence-corrected chi connectivity index (χ2v) is 4.96. The van der Waals surface area contributed by atoms with Crippen LogP contribution in [-0.2, 0) is 0 Å². The molecule has 122 valence electrons. The summed E-state index contributed by atoms with van der Waals surface area (Å²) >= 11 is 0. The lowest BCUT2D eigenvalue weighted by Crippen LogP contribution is -2.30. The smallest absolute Gasteiger partial charge is 0.254 e. The molecule has 0 aliphatic heterocycles. The fourth-order valence-electron chi connectivity index (χ4n) is 2.31. The van der Waals surface area contributed by atoms with Crippen LogP contribution in [0.5, 0.6) is 5.75 Å². The minimum absolute atomic E-state index is 0.0125. The lowest BCUT2D eigenvalue weighted by atomic mass is 10.2. The van der Waals surface area contributed by atoms with E-state index in [1.165, 1.54) is 0 Å². The SMILES string of the molecule is CCOc1ccccc1Nc1cc(C(=O)N(CC)CC)ccn1. The van der Waals surface area contributed by atoms with Gasteiger partial charge < -0.3 is 15.0 Å². The molecule has 0 unspecified atom stereocenters. The standard InChI is InChI=1S/C18H23N3O2/c1-4-21(5-2)18(22)14-11-12-19-17(13-14)20-15-9-7-8-10-16(15)23-6-3/h7-13H,4-6H2,1-3H3,(H,19,20). The zero-order valence-electron chi connectivity index (χ0n) is 13.9. The summed E-state index contributed by atoms with van der Waals surface area (Å²) in [6, 6.07) is 11.2. The summed E-state index contributed by atoms with van der Waals surface area (Å²) in [6.07, 6.45) is 1.64. The van der Waals surface area contributed by atoms with Crippen molar-refractivity contribution >= 4 is 17.4 Å². The molecule has 2 rings (SSSR count). The third-order valence-electron chi connectivity index (χ3n) is 3.51. The first-order valence-corrected chi connectivity index (χ1v) is 7.93. The molecule has 1 amide bonds. The average Bonchev–Trinajstić information content (AvgIpc) is 2.58. The molecule has 0 fully saturated rings. The summed E-state index contributed by atoms with van der Waals surface area (Å²) in [6.45, 7) is 7.85. The van der Waals surface area contributed by atoms with Gasteiger partial charge in [-0.3, -0.25) is 4.79 Å². The highest BCUT2D eigenvalue weighted by molar-refractivity contribution is 5.95. The summed E-state index contributed by atoms with van der Waals surface area (Å²) in [7, 11) is 0. The number of amides is 1. The van der Waals surface area contributed by atoms with E-state index in [2.05, 4.69) is 10.3 Å². The number of benzene rings is 1. The fraction of sp³-hybridized carbons (Fsp3) is 0.333. The molecule has 1 heterocycles. The molecule has 0 saturated carbocycles. The second-order valence-electron chi connectivity index (χ2n) is 4.96. The van der Waals surface area contributed by atoms with Crippen LogP contribution in [-0.4, -0.2) is 35.5 Å². The molecular formula is C18H23N3O2. The van der Waals surface area contributed by atoms with Gasteiger partial charge in [0.15, 0.2) is 0 Å². The Morgan fingerprint density at radius 1 is 1.17 bits per heavy atom. The first-order chi connectivity index (χ1) is 11.2. The van der Waals surface area contributed by atoms with Gasteiger partial charge in [0.1, 0.15) is 11.6 Å². The maximum absolute atomic E-state index is 12.4. The van der Waals surface area contributed by atoms with Crippen molar-refractivity contribution in [3.63, 3.8) is 0 Å². The first-order valence-electron chi connectivity index (χ1n) is 7.93. The van der Waals surface area contributed by atoms with Crippen LogP contribution in [0, 0.1) is 0 Å². The van der Waals surface area contributed by atoms with Crippen LogP contribution in [0.25, 0.3) is 0 Å². The van der Waals surface area contributed by atoms with Crippen LogP contribution >= 0.6 is 0 Å². The number of pyridine rings is 1. The molecule has 0 radical (unpaired) electrons. The van der Waals surface area contributed by atoms with Crippen molar-refractivity contribution in [3.05, 3.63) is 48.2 Å². The number of carbonyl (C=O) groups is 1. The monoisotopic (exact) mass is 313 g/mol. The van der Waals surface area contributed by atoms with Crippen LogP contribution in [0.1, 0.15) is 31.1 Å². The van der Waals surface area contributed by atoms with Crippen molar-refractivity contribution in [1.29, 1.82) is 0 Å². The number of nitrogens with zero attached hydrogens (tertiary/aromatic N) is 2. The second kappa shape index (κ2) is 8.17. The number of hydrogen-bond acceptors (Lipinski definition) is 4. The Morgan fingerprint density at radius 3 is 2.61 bits per heavy atom. The van der Waals surface area contributed by atoms with Gasteiger partial charge in [0.2, 0.25) is 0 Å². The molecule has 5 nitrogen and oxygen atoms in total. The maximum Gasteiger partial charge on any atom is 0.254 e. The van der Waals surface area contributed by atoms with E-state index in [1.54, 1.807) is 23.2 Å². The number of nitrogens with one attached hydrogen (secondary N) is 1. The number of hydrogen-bond donors (Lipinski definition) is 1. The predicted molar refractivity (Wildman–Crippen MR) is 92.4 cm³/mol. The zero-order valence-corrected chi connectivity index (χ0v) is 13.9. The third-order valence-corrected chi connectivity index (χ3v) is 3.51. The van der Waals surface area contributed by atoms with Gasteiger partial charge in [-0.1, -0.05) is 12.1 Å². The molecule has 0 aliphatic rings.